The summed E-state index contributed by atoms with van der Waals surface area (Å²) in [4.78, 5) is 26.5. The van der Waals surface area contributed by atoms with Gasteiger partial charge >= 0.3 is 18.4 Å². The third kappa shape index (κ3) is 7.76. The van der Waals surface area contributed by atoms with Gasteiger partial charge in [-0.2, -0.15) is 26.3 Å². The number of hydrogen-bond acceptors (Lipinski definition) is 2. The maximum Gasteiger partial charge on any atom is 0.416 e. The Morgan fingerprint density at radius 1 is 0.667 bits per heavy atom. The smallest absolute Gasteiger partial charge is 0.326 e. The van der Waals surface area contributed by atoms with E-state index in [9.17, 15) is 35.9 Å². The molecule has 3 rings (SSSR count). The second-order valence-corrected chi connectivity index (χ2v) is 7.79. The van der Waals surface area contributed by atoms with Crippen molar-refractivity contribution in [2.24, 2.45) is 0 Å². The van der Waals surface area contributed by atoms with E-state index in [2.05, 4.69) is 10.6 Å². The Morgan fingerprint density at radius 2 is 1.14 bits per heavy atom. The van der Waals surface area contributed by atoms with Crippen LogP contribution in [0.5, 0.6) is 0 Å². The molecular weight excluding hydrogens is 488 g/mol. The van der Waals surface area contributed by atoms with Crippen LogP contribution in [0.15, 0.2) is 78.9 Å². The monoisotopic (exact) mass is 509 g/mol. The molecule has 0 spiro atoms. The maximum atomic E-state index is 12.9. The van der Waals surface area contributed by atoms with Gasteiger partial charge in [0.15, 0.2) is 0 Å². The molecule has 0 saturated heterocycles. The summed E-state index contributed by atoms with van der Waals surface area (Å²) in [5.74, 6) is -0.532. The van der Waals surface area contributed by atoms with E-state index in [1.807, 2.05) is 0 Å². The Balaban J connectivity index is 1.65. The molecule has 0 saturated carbocycles. The van der Waals surface area contributed by atoms with Gasteiger partial charge in [-0.05, 0) is 54.1 Å². The molecule has 0 atom stereocenters. The average Bonchev–Trinajstić information content (AvgIpc) is 2.82. The Morgan fingerprint density at radius 3 is 1.61 bits per heavy atom. The van der Waals surface area contributed by atoms with Crippen LogP contribution in [0, 0.1) is 0 Å². The standard InChI is InChI=1S/C25H21F6N3O2/c26-24(27,28)18-6-10-20(11-7-18)32-22(35)14-15-34(16-17-4-2-1-3-5-17)23(36)33-21-12-8-19(9-13-21)25(29,30)31/h1-13H,14-16H2,(H,32,35)(H,33,36). The minimum atomic E-state index is -4.51. The second-order valence-electron chi connectivity index (χ2n) is 7.79. The summed E-state index contributed by atoms with van der Waals surface area (Å²) < 4.78 is 76.4. The van der Waals surface area contributed by atoms with Gasteiger partial charge in [-0.15, -0.1) is 0 Å². The van der Waals surface area contributed by atoms with Gasteiger partial charge in [0.25, 0.3) is 0 Å². The predicted molar refractivity (Wildman–Crippen MR) is 122 cm³/mol. The van der Waals surface area contributed by atoms with Crippen molar-refractivity contribution in [2.75, 3.05) is 17.2 Å². The Bertz CT molecular complexity index is 1160. The molecule has 0 bridgehead atoms. The molecule has 2 N–H and O–H groups in total. The number of amides is 3. The number of rotatable bonds is 7. The highest BCUT2D eigenvalue weighted by molar-refractivity contribution is 5.92. The molecule has 0 radical (unpaired) electrons. The first kappa shape index (κ1) is 26.6. The number of benzene rings is 3. The third-order valence-corrected chi connectivity index (χ3v) is 5.07. The normalized spacial score (nSPS) is 11.6. The highest BCUT2D eigenvalue weighted by atomic mass is 19.4. The van der Waals surface area contributed by atoms with Crippen LogP contribution in [-0.2, 0) is 23.7 Å². The molecule has 3 aromatic rings. The Labute approximate surface area is 202 Å². The molecule has 11 heteroatoms. The fraction of sp³-hybridized carbons (Fsp3) is 0.200. The van der Waals surface area contributed by atoms with Gasteiger partial charge < -0.3 is 15.5 Å². The van der Waals surface area contributed by atoms with Crippen LogP contribution >= 0.6 is 0 Å². The van der Waals surface area contributed by atoms with Crippen LogP contribution in [-0.4, -0.2) is 23.4 Å². The molecule has 0 heterocycles. The summed E-state index contributed by atoms with van der Waals surface area (Å²) in [5, 5.41) is 4.99. The van der Waals surface area contributed by atoms with Crippen LogP contribution in [0.3, 0.4) is 0 Å². The molecule has 190 valence electrons. The van der Waals surface area contributed by atoms with E-state index in [0.29, 0.717) is 0 Å². The summed E-state index contributed by atoms with van der Waals surface area (Å²) in [6.07, 6.45) is -9.18. The molecule has 0 aliphatic carbocycles. The molecule has 3 amide bonds. The highest BCUT2D eigenvalue weighted by Crippen LogP contribution is 2.30. The molecule has 0 fully saturated rings. The van der Waals surface area contributed by atoms with Crippen molar-refractivity contribution < 1.29 is 35.9 Å². The minimum Gasteiger partial charge on any atom is -0.326 e. The van der Waals surface area contributed by atoms with Gasteiger partial charge in [-0.3, -0.25) is 4.79 Å². The number of nitrogens with zero attached hydrogens (tertiary/aromatic N) is 1. The number of carbonyl (C=O) groups is 2. The number of alkyl halides is 6. The number of carbonyl (C=O) groups excluding carboxylic acids is 2. The average molecular weight is 509 g/mol. The number of nitrogens with one attached hydrogen (secondary N) is 2. The first-order valence-corrected chi connectivity index (χ1v) is 10.7. The zero-order valence-electron chi connectivity index (χ0n) is 18.7. The summed E-state index contributed by atoms with van der Waals surface area (Å²) in [6, 6.07) is 16.1. The van der Waals surface area contributed by atoms with Gasteiger partial charge in [-0.25, -0.2) is 4.79 Å². The molecule has 0 aliphatic rings. The van der Waals surface area contributed by atoms with Crippen molar-refractivity contribution in [3.05, 3.63) is 95.6 Å². The van der Waals surface area contributed by atoms with Crippen LogP contribution < -0.4 is 10.6 Å². The SMILES string of the molecule is O=C(CCN(Cc1ccccc1)C(=O)Nc1ccc(C(F)(F)F)cc1)Nc1ccc(C(F)(F)F)cc1. The molecule has 3 aromatic carbocycles. The molecule has 0 aliphatic heterocycles. The van der Waals surface area contributed by atoms with E-state index in [1.165, 1.54) is 4.90 Å². The van der Waals surface area contributed by atoms with Crippen molar-refractivity contribution in [2.45, 2.75) is 25.3 Å². The lowest BCUT2D eigenvalue weighted by atomic mass is 10.2. The first-order chi connectivity index (χ1) is 16.9. The van der Waals surface area contributed by atoms with E-state index in [-0.39, 0.29) is 30.9 Å². The van der Waals surface area contributed by atoms with Crippen molar-refractivity contribution in [1.82, 2.24) is 4.90 Å². The van der Waals surface area contributed by atoms with Crippen LogP contribution in [0.4, 0.5) is 42.5 Å². The fourth-order valence-corrected chi connectivity index (χ4v) is 3.20. The lowest BCUT2D eigenvalue weighted by Gasteiger charge is -2.23. The third-order valence-electron chi connectivity index (χ3n) is 5.07. The van der Waals surface area contributed by atoms with Gasteiger partial charge in [0.05, 0.1) is 11.1 Å². The van der Waals surface area contributed by atoms with Gasteiger partial charge in [0.1, 0.15) is 0 Å². The second kappa shape index (κ2) is 11.1. The molecule has 0 aromatic heterocycles. The Kier molecular flexibility index (Phi) is 8.23. The first-order valence-electron chi connectivity index (χ1n) is 10.7. The highest BCUT2D eigenvalue weighted by Gasteiger charge is 2.31. The summed E-state index contributed by atoms with van der Waals surface area (Å²) >= 11 is 0. The molecule has 36 heavy (non-hydrogen) atoms. The molecular formula is C25H21F6N3O2. The van der Waals surface area contributed by atoms with Gasteiger partial charge in [0.2, 0.25) is 5.91 Å². The van der Waals surface area contributed by atoms with Crippen molar-refractivity contribution >= 4 is 23.3 Å². The number of halogens is 6. The van der Waals surface area contributed by atoms with Crippen molar-refractivity contribution in [3.8, 4) is 0 Å². The van der Waals surface area contributed by atoms with E-state index >= 15 is 0 Å². The minimum absolute atomic E-state index is 0.0617. The van der Waals surface area contributed by atoms with Gasteiger partial charge in [0, 0.05) is 30.9 Å². The zero-order chi connectivity index (χ0) is 26.3. The van der Waals surface area contributed by atoms with E-state index in [0.717, 1.165) is 54.1 Å². The summed E-state index contributed by atoms with van der Waals surface area (Å²) in [7, 11) is 0. The molecule has 0 unspecified atom stereocenters. The van der Waals surface area contributed by atoms with Crippen LogP contribution in [0.25, 0.3) is 0 Å². The maximum absolute atomic E-state index is 12.9. The predicted octanol–water partition coefficient (Wildman–Crippen LogP) is 6.79. The summed E-state index contributed by atoms with van der Waals surface area (Å²) in [6.45, 7) is 0.0503. The molecule has 5 nitrogen and oxygen atoms in total. The quantitative estimate of drug-likeness (QED) is 0.345. The van der Waals surface area contributed by atoms with Crippen LogP contribution in [0.1, 0.15) is 23.1 Å². The van der Waals surface area contributed by atoms with Crippen molar-refractivity contribution in [3.63, 3.8) is 0 Å². The lowest BCUT2D eigenvalue weighted by molar-refractivity contribution is -0.138. The largest absolute Gasteiger partial charge is 0.416 e. The number of hydrogen-bond donors (Lipinski definition) is 2. The van der Waals surface area contributed by atoms with Crippen LogP contribution in [0.2, 0.25) is 0 Å². The summed E-state index contributed by atoms with van der Waals surface area (Å²) in [5.41, 5.74) is -0.656. The number of anilines is 2. The zero-order valence-corrected chi connectivity index (χ0v) is 18.7. The topological polar surface area (TPSA) is 61.4 Å². The van der Waals surface area contributed by atoms with E-state index in [1.54, 1.807) is 30.3 Å². The lowest BCUT2D eigenvalue weighted by Crippen LogP contribution is -2.36. The van der Waals surface area contributed by atoms with E-state index < -0.39 is 35.4 Å². The fourth-order valence-electron chi connectivity index (χ4n) is 3.20. The van der Waals surface area contributed by atoms with Gasteiger partial charge in [-0.1, -0.05) is 30.3 Å². The van der Waals surface area contributed by atoms with E-state index in [4.69, 9.17) is 0 Å². The van der Waals surface area contributed by atoms with Crippen molar-refractivity contribution in [1.29, 1.82) is 0 Å². The number of urea groups is 1. The Hall–Kier alpha value is -4.02.